The number of hydrogen-bond acceptors (Lipinski definition) is 4. The molecule has 1 aromatic carbocycles. The predicted molar refractivity (Wildman–Crippen MR) is 70.8 cm³/mol. The number of nitrogens with zero attached hydrogens (tertiary/aromatic N) is 2. The van der Waals surface area contributed by atoms with Crippen LogP contribution in [0.15, 0.2) is 41.4 Å². The number of rotatable bonds is 5. The third-order valence-corrected chi connectivity index (χ3v) is 3.31. The fraction of sp³-hybridized carbons (Fsp3) is 0.231. The molecule has 0 saturated carbocycles. The molecule has 0 aliphatic heterocycles. The molecule has 1 aromatic heterocycles. The molecule has 0 radical (unpaired) electrons. The van der Waals surface area contributed by atoms with E-state index in [9.17, 15) is 4.39 Å². The van der Waals surface area contributed by atoms with Gasteiger partial charge in [0.15, 0.2) is 0 Å². The fourth-order valence-corrected chi connectivity index (χ4v) is 2.23. The van der Waals surface area contributed by atoms with Crippen molar-refractivity contribution in [1.82, 2.24) is 15.3 Å². The summed E-state index contributed by atoms with van der Waals surface area (Å²) in [6.07, 6.45) is 1.76. The van der Waals surface area contributed by atoms with Gasteiger partial charge in [-0.1, -0.05) is 0 Å². The number of aromatic nitrogens is 2. The molecule has 5 heteroatoms. The minimum absolute atomic E-state index is 0.216. The molecule has 0 atom stereocenters. The summed E-state index contributed by atoms with van der Waals surface area (Å²) in [5.41, 5.74) is 0.974. The number of halogens is 1. The molecule has 0 aliphatic carbocycles. The number of thioether (sulfide) groups is 1. The first kappa shape index (κ1) is 13.0. The van der Waals surface area contributed by atoms with Gasteiger partial charge < -0.3 is 5.32 Å². The van der Waals surface area contributed by atoms with Crippen LogP contribution in [0.2, 0.25) is 0 Å². The summed E-state index contributed by atoms with van der Waals surface area (Å²) in [5, 5.41) is 3.05. The molecule has 0 unspecified atom stereocenters. The molecule has 0 spiro atoms. The van der Waals surface area contributed by atoms with Gasteiger partial charge in [0.2, 0.25) is 0 Å². The largest absolute Gasteiger partial charge is 0.314 e. The molecular formula is C13H14FN3S. The summed E-state index contributed by atoms with van der Waals surface area (Å²) in [4.78, 5) is 9.66. The first-order valence-electron chi connectivity index (χ1n) is 5.61. The molecule has 1 N–H and O–H groups in total. The predicted octanol–water partition coefficient (Wildman–Crippen LogP) is 2.63. The fourth-order valence-electron chi connectivity index (χ4n) is 1.47. The van der Waals surface area contributed by atoms with Crippen LogP contribution in [0.25, 0.3) is 0 Å². The summed E-state index contributed by atoms with van der Waals surface area (Å²) in [6.45, 7) is 0.733. The molecule has 94 valence electrons. The highest BCUT2D eigenvalue weighted by molar-refractivity contribution is 7.98. The maximum Gasteiger partial charge on any atom is 0.138 e. The lowest BCUT2D eigenvalue weighted by atomic mass is 10.4. The summed E-state index contributed by atoms with van der Waals surface area (Å²) in [5.74, 6) is 1.26. The van der Waals surface area contributed by atoms with E-state index in [4.69, 9.17) is 0 Å². The van der Waals surface area contributed by atoms with Crippen molar-refractivity contribution in [1.29, 1.82) is 0 Å². The van der Waals surface area contributed by atoms with Crippen LogP contribution in [0, 0.1) is 5.82 Å². The van der Waals surface area contributed by atoms with E-state index in [2.05, 4.69) is 15.3 Å². The Labute approximate surface area is 110 Å². The van der Waals surface area contributed by atoms with Gasteiger partial charge in [-0.05, 0) is 37.4 Å². The van der Waals surface area contributed by atoms with E-state index >= 15 is 0 Å². The molecule has 0 fully saturated rings. The molecule has 1 heterocycles. The maximum absolute atomic E-state index is 12.7. The molecule has 0 saturated heterocycles. The molecule has 0 aliphatic rings. The Balaban J connectivity index is 1.97. The zero-order valence-corrected chi connectivity index (χ0v) is 10.9. The summed E-state index contributed by atoms with van der Waals surface area (Å²) in [6, 6.07) is 8.33. The van der Waals surface area contributed by atoms with Gasteiger partial charge >= 0.3 is 0 Å². The Morgan fingerprint density at radius 3 is 2.72 bits per heavy atom. The second-order valence-corrected chi connectivity index (χ2v) is 4.79. The smallest absolute Gasteiger partial charge is 0.138 e. The van der Waals surface area contributed by atoms with Crippen molar-refractivity contribution in [3.63, 3.8) is 0 Å². The van der Waals surface area contributed by atoms with E-state index in [-0.39, 0.29) is 5.82 Å². The van der Waals surface area contributed by atoms with Crippen LogP contribution >= 0.6 is 11.8 Å². The molecule has 18 heavy (non-hydrogen) atoms. The Bertz CT molecular complexity index is 502. The van der Waals surface area contributed by atoms with Crippen molar-refractivity contribution < 1.29 is 4.39 Å². The normalized spacial score (nSPS) is 10.6. The van der Waals surface area contributed by atoms with Crippen LogP contribution in [-0.2, 0) is 12.3 Å². The SMILES string of the molecule is CNCc1ccnc(CSc2ccc(F)cc2)n1. The minimum Gasteiger partial charge on any atom is -0.314 e. The molecule has 0 amide bonds. The van der Waals surface area contributed by atoms with Gasteiger partial charge in [0, 0.05) is 17.6 Å². The standard InChI is InChI=1S/C13H14FN3S/c1-15-8-11-6-7-16-13(17-11)9-18-12-4-2-10(14)3-5-12/h2-7,15H,8-9H2,1H3. The van der Waals surface area contributed by atoms with Crippen LogP contribution < -0.4 is 5.32 Å². The lowest BCUT2D eigenvalue weighted by Gasteiger charge is -2.03. The monoisotopic (exact) mass is 263 g/mol. The van der Waals surface area contributed by atoms with E-state index in [1.807, 2.05) is 13.1 Å². The van der Waals surface area contributed by atoms with Crippen molar-refractivity contribution in [3.05, 3.63) is 53.9 Å². The average molecular weight is 263 g/mol. The summed E-state index contributed by atoms with van der Waals surface area (Å²) < 4.78 is 12.7. The topological polar surface area (TPSA) is 37.8 Å². The van der Waals surface area contributed by atoms with Gasteiger partial charge in [0.25, 0.3) is 0 Å². The van der Waals surface area contributed by atoms with Gasteiger partial charge in [-0.2, -0.15) is 0 Å². The van der Waals surface area contributed by atoms with Gasteiger partial charge in [-0.3, -0.25) is 0 Å². The number of hydrogen-bond donors (Lipinski definition) is 1. The highest BCUT2D eigenvalue weighted by Gasteiger charge is 2.01. The van der Waals surface area contributed by atoms with E-state index in [1.165, 1.54) is 12.1 Å². The Kier molecular flexibility index (Phi) is 4.66. The summed E-state index contributed by atoms with van der Waals surface area (Å²) in [7, 11) is 1.88. The maximum atomic E-state index is 12.7. The first-order valence-corrected chi connectivity index (χ1v) is 6.60. The van der Waals surface area contributed by atoms with Crippen molar-refractivity contribution in [2.75, 3.05) is 7.05 Å². The third-order valence-electron chi connectivity index (χ3n) is 2.30. The van der Waals surface area contributed by atoms with Gasteiger partial charge in [0.05, 0.1) is 11.4 Å². The van der Waals surface area contributed by atoms with Crippen LogP contribution in [-0.4, -0.2) is 17.0 Å². The zero-order valence-electron chi connectivity index (χ0n) is 10.1. The van der Waals surface area contributed by atoms with Crippen molar-refractivity contribution in [3.8, 4) is 0 Å². The molecular weight excluding hydrogens is 249 g/mol. The quantitative estimate of drug-likeness (QED) is 0.842. The first-order chi connectivity index (χ1) is 8.78. The average Bonchev–Trinajstić information content (AvgIpc) is 2.39. The Morgan fingerprint density at radius 1 is 1.22 bits per heavy atom. The van der Waals surface area contributed by atoms with Crippen LogP contribution in [0.1, 0.15) is 11.5 Å². The Hall–Kier alpha value is -1.46. The minimum atomic E-state index is -0.216. The third kappa shape index (κ3) is 3.78. The van der Waals surface area contributed by atoms with E-state index in [0.717, 1.165) is 23.0 Å². The molecule has 0 bridgehead atoms. The van der Waals surface area contributed by atoms with Crippen LogP contribution in [0.3, 0.4) is 0 Å². The highest BCUT2D eigenvalue weighted by atomic mass is 32.2. The zero-order chi connectivity index (χ0) is 12.8. The van der Waals surface area contributed by atoms with Crippen molar-refractivity contribution >= 4 is 11.8 Å². The lowest BCUT2D eigenvalue weighted by Crippen LogP contribution is -2.08. The highest BCUT2D eigenvalue weighted by Crippen LogP contribution is 2.21. The van der Waals surface area contributed by atoms with Crippen molar-refractivity contribution in [2.24, 2.45) is 0 Å². The van der Waals surface area contributed by atoms with Gasteiger partial charge in [0.1, 0.15) is 11.6 Å². The summed E-state index contributed by atoms with van der Waals surface area (Å²) >= 11 is 1.60. The second-order valence-electron chi connectivity index (χ2n) is 3.74. The van der Waals surface area contributed by atoms with E-state index < -0.39 is 0 Å². The van der Waals surface area contributed by atoms with Crippen molar-refractivity contribution in [2.45, 2.75) is 17.2 Å². The van der Waals surface area contributed by atoms with Crippen LogP contribution in [0.5, 0.6) is 0 Å². The van der Waals surface area contributed by atoms with Gasteiger partial charge in [-0.25, -0.2) is 14.4 Å². The molecule has 2 aromatic rings. The second kappa shape index (κ2) is 6.47. The Morgan fingerprint density at radius 2 is 2.00 bits per heavy atom. The number of nitrogens with one attached hydrogen (secondary N) is 1. The molecule has 2 rings (SSSR count). The van der Waals surface area contributed by atoms with E-state index in [1.54, 1.807) is 30.1 Å². The lowest BCUT2D eigenvalue weighted by molar-refractivity contribution is 0.626. The van der Waals surface area contributed by atoms with E-state index in [0.29, 0.717) is 5.75 Å². The number of benzene rings is 1. The van der Waals surface area contributed by atoms with Gasteiger partial charge in [-0.15, -0.1) is 11.8 Å². The van der Waals surface area contributed by atoms with Crippen LogP contribution in [0.4, 0.5) is 4.39 Å². The molecule has 3 nitrogen and oxygen atoms in total.